The number of nitrogen functional groups attached to an aromatic ring is 1. The third-order valence-electron chi connectivity index (χ3n) is 4.19. The van der Waals surface area contributed by atoms with Crippen molar-refractivity contribution in [1.82, 2.24) is 0 Å². The molecule has 5 nitrogen and oxygen atoms in total. The van der Waals surface area contributed by atoms with Crippen LogP contribution < -0.4 is 11.1 Å². The first-order valence-corrected chi connectivity index (χ1v) is 9.39. The van der Waals surface area contributed by atoms with Crippen LogP contribution in [0.3, 0.4) is 0 Å². The van der Waals surface area contributed by atoms with Crippen LogP contribution in [-0.2, 0) is 0 Å². The number of ketones is 2. The van der Waals surface area contributed by atoms with Gasteiger partial charge < -0.3 is 15.5 Å². The van der Waals surface area contributed by atoms with Crippen molar-refractivity contribution >= 4 is 39.3 Å². The number of benzene rings is 2. The second-order valence-electron chi connectivity index (χ2n) is 6.04. The summed E-state index contributed by atoms with van der Waals surface area (Å²) in [6.07, 6.45) is 1.43. The van der Waals surface area contributed by atoms with Gasteiger partial charge in [-0.1, -0.05) is 48.5 Å². The Hall–Kier alpha value is -3.64. The van der Waals surface area contributed by atoms with Gasteiger partial charge in [0.05, 0.1) is 17.5 Å². The maximum absolute atomic E-state index is 13.0. The molecule has 138 valence electrons. The molecule has 0 fully saturated rings. The smallest absolute Gasteiger partial charge is 0.233 e. The SMILES string of the molecule is Nc1c(C(=O)c2ccccc2)sc(Nc2ccccc2)c1C(=O)c1ccco1. The first kappa shape index (κ1) is 17.8. The number of para-hydroxylation sites is 1. The van der Waals surface area contributed by atoms with Gasteiger partial charge in [-0.15, -0.1) is 11.3 Å². The Kier molecular flexibility index (Phi) is 4.78. The van der Waals surface area contributed by atoms with E-state index in [9.17, 15) is 9.59 Å². The van der Waals surface area contributed by atoms with E-state index in [0.717, 1.165) is 17.0 Å². The lowest BCUT2D eigenvalue weighted by Gasteiger charge is -2.06. The van der Waals surface area contributed by atoms with Gasteiger partial charge in [0.15, 0.2) is 5.76 Å². The predicted octanol–water partition coefficient (Wildman–Crippen LogP) is 5.13. The van der Waals surface area contributed by atoms with Crippen LogP contribution in [0, 0.1) is 0 Å². The van der Waals surface area contributed by atoms with Gasteiger partial charge in [-0.2, -0.15) is 0 Å². The summed E-state index contributed by atoms with van der Waals surface area (Å²) in [6.45, 7) is 0. The number of rotatable bonds is 6. The van der Waals surface area contributed by atoms with Crippen LogP contribution in [0.15, 0.2) is 83.5 Å². The highest BCUT2D eigenvalue weighted by Gasteiger charge is 2.28. The summed E-state index contributed by atoms with van der Waals surface area (Å²) >= 11 is 1.16. The van der Waals surface area contributed by atoms with Gasteiger partial charge in [0.25, 0.3) is 0 Å². The Balaban J connectivity index is 1.81. The highest BCUT2D eigenvalue weighted by atomic mass is 32.1. The molecule has 0 unspecified atom stereocenters. The van der Waals surface area contributed by atoms with Gasteiger partial charge in [-0.25, -0.2) is 0 Å². The zero-order valence-corrected chi connectivity index (χ0v) is 15.5. The molecule has 0 bridgehead atoms. The predicted molar refractivity (Wildman–Crippen MR) is 110 cm³/mol. The number of carbonyl (C=O) groups is 2. The Morgan fingerprint density at radius 1 is 0.857 bits per heavy atom. The van der Waals surface area contributed by atoms with Gasteiger partial charge in [0, 0.05) is 11.3 Å². The van der Waals surface area contributed by atoms with E-state index in [0.29, 0.717) is 15.4 Å². The van der Waals surface area contributed by atoms with Gasteiger partial charge in [0.1, 0.15) is 9.88 Å². The van der Waals surface area contributed by atoms with Crippen molar-refractivity contribution in [3.63, 3.8) is 0 Å². The largest absolute Gasteiger partial charge is 0.461 e. The zero-order valence-electron chi connectivity index (χ0n) is 14.7. The standard InChI is InChI=1S/C22H16N2O3S/c23-18-17(20(26)16-12-7-13-27-16)22(24-15-10-5-2-6-11-15)28-21(18)19(25)14-8-3-1-4-9-14/h1-13,24H,23H2. The Morgan fingerprint density at radius 2 is 1.54 bits per heavy atom. The van der Waals surface area contributed by atoms with E-state index in [-0.39, 0.29) is 28.6 Å². The molecule has 4 rings (SSSR count). The molecule has 0 saturated carbocycles. The lowest BCUT2D eigenvalue weighted by atomic mass is 10.0. The monoisotopic (exact) mass is 388 g/mol. The summed E-state index contributed by atoms with van der Waals surface area (Å²) in [6, 6.07) is 21.5. The summed E-state index contributed by atoms with van der Waals surface area (Å²) in [4.78, 5) is 26.3. The quantitative estimate of drug-likeness (QED) is 0.447. The minimum atomic E-state index is -0.371. The molecular formula is C22H16N2O3S. The summed E-state index contributed by atoms with van der Waals surface area (Å²) in [5.74, 6) is -0.429. The topological polar surface area (TPSA) is 85.3 Å². The van der Waals surface area contributed by atoms with Crippen molar-refractivity contribution in [2.75, 3.05) is 11.1 Å². The molecule has 0 radical (unpaired) electrons. The summed E-state index contributed by atoms with van der Waals surface area (Å²) in [5, 5.41) is 3.71. The van der Waals surface area contributed by atoms with Crippen molar-refractivity contribution in [2.45, 2.75) is 0 Å². The molecule has 2 aromatic heterocycles. The number of carbonyl (C=O) groups excluding carboxylic acids is 2. The molecule has 0 saturated heterocycles. The van der Waals surface area contributed by atoms with Crippen LogP contribution in [0.1, 0.15) is 31.4 Å². The van der Waals surface area contributed by atoms with Crippen LogP contribution >= 0.6 is 11.3 Å². The molecule has 4 aromatic rings. The Morgan fingerprint density at radius 3 is 2.18 bits per heavy atom. The average Bonchev–Trinajstić information content (AvgIpc) is 3.37. The van der Waals surface area contributed by atoms with Crippen molar-refractivity contribution in [3.05, 3.63) is 101 Å². The van der Waals surface area contributed by atoms with Crippen LogP contribution in [0.25, 0.3) is 0 Å². The van der Waals surface area contributed by atoms with Gasteiger partial charge >= 0.3 is 0 Å². The summed E-state index contributed by atoms with van der Waals surface area (Å²) in [7, 11) is 0. The highest BCUT2D eigenvalue weighted by Crippen LogP contribution is 2.40. The number of hydrogen-bond donors (Lipinski definition) is 2. The third kappa shape index (κ3) is 3.33. The van der Waals surface area contributed by atoms with Gasteiger partial charge in [-0.3, -0.25) is 9.59 Å². The number of thiophene rings is 1. The number of nitrogens with two attached hydrogens (primary N) is 1. The van der Waals surface area contributed by atoms with E-state index in [2.05, 4.69) is 5.32 Å². The molecule has 0 aliphatic rings. The van der Waals surface area contributed by atoms with E-state index in [1.165, 1.54) is 6.26 Å². The van der Waals surface area contributed by atoms with Crippen molar-refractivity contribution in [1.29, 1.82) is 0 Å². The number of nitrogens with one attached hydrogen (secondary N) is 1. The second-order valence-corrected chi connectivity index (χ2v) is 7.06. The molecule has 6 heteroatoms. The molecule has 28 heavy (non-hydrogen) atoms. The molecule has 0 aliphatic carbocycles. The van der Waals surface area contributed by atoms with Crippen LogP contribution in [0.2, 0.25) is 0 Å². The fourth-order valence-electron chi connectivity index (χ4n) is 2.83. The molecule has 2 aromatic carbocycles. The molecule has 0 atom stereocenters. The number of anilines is 3. The maximum Gasteiger partial charge on any atom is 0.233 e. The third-order valence-corrected chi connectivity index (χ3v) is 5.31. The minimum absolute atomic E-state index is 0.152. The van der Waals surface area contributed by atoms with Crippen molar-refractivity contribution in [2.24, 2.45) is 0 Å². The molecule has 0 aliphatic heterocycles. The maximum atomic E-state index is 13.0. The van der Waals surface area contributed by atoms with Crippen LogP contribution in [0.5, 0.6) is 0 Å². The van der Waals surface area contributed by atoms with E-state index >= 15 is 0 Å². The number of furan rings is 1. The lowest BCUT2D eigenvalue weighted by Crippen LogP contribution is -2.07. The highest BCUT2D eigenvalue weighted by molar-refractivity contribution is 7.19. The van der Waals surface area contributed by atoms with Gasteiger partial charge in [0.2, 0.25) is 11.6 Å². The molecule has 0 amide bonds. The lowest BCUT2D eigenvalue weighted by molar-refractivity contribution is 0.101. The first-order chi connectivity index (χ1) is 13.6. The average molecular weight is 388 g/mol. The van der Waals surface area contributed by atoms with Crippen molar-refractivity contribution < 1.29 is 14.0 Å². The fourth-order valence-corrected chi connectivity index (χ4v) is 3.93. The second kappa shape index (κ2) is 7.54. The molecular weight excluding hydrogens is 372 g/mol. The minimum Gasteiger partial charge on any atom is -0.461 e. The van der Waals surface area contributed by atoms with E-state index < -0.39 is 0 Å². The molecule has 2 heterocycles. The van der Waals surface area contributed by atoms with E-state index in [1.807, 2.05) is 36.4 Å². The number of hydrogen-bond acceptors (Lipinski definition) is 6. The van der Waals surface area contributed by atoms with Crippen LogP contribution in [-0.4, -0.2) is 11.6 Å². The van der Waals surface area contributed by atoms with Gasteiger partial charge in [-0.05, 0) is 24.3 Å². The fraction of sp³-hybridized carbons (Fsp3) is 0. The normalized spacial score (nSPS) is 10.6. The summed E-state index contributed by atoms with van der Waals surface area (Å²) in [5.41, 5.74) is 7.98. The first-order valence-electron chi connectivity index (χ1n) is 8.57. The van der Waals surface area contributed by atoms with Crippen molar-refractivity contribution in [3.8, 4) is 0 Å². The Bertz CT molecular complexity index is 1120. The zero-order chi connectivity index (χ0) is 19.5. The van der Waals surface area contributed by atoms with E-state index in [1.54, 1.807) is 36.4 Å². The van der Waals surface area contributed by atoms with Crippen LogP contribution in [0.4, 0.5) is 16.4 Å². The molecule has 0 spiro atoms. The molecule has 3 N–H and O–H groups in total. The van der Waals surface area contributed by atoms with E-state index in [4.69, 9.17) is 10.2 Å². The summed E-state index contributed by atoms with van der Waals surface area (Å²) < 4.78 is 5.25. The Labute approximate surface area is 165 Å².